The molecule has 0 unspecified atom stereocenters. The van der Waals surface area contributed by atoms with Gasteiger partial charge < -0.3 is 5.73 Å². The number of carbonyl (C=O) groups is 1. The molecule has 0 aliphatic carbocycles. The fraction of sp³-hybridized carbons (Fsp3) is 0.200. The summed E-state index contributed by atoms with van der Waals surface area (Å²) < 4.78 is 6.84. The van der Waals surface area contributed by atoms with Gasteiger partial charge in [-0.25, -0.2) is 10.1 Å². The second kappa shape index (κ2) is 7.44. The van der Waals surface area contributed by atoms with Crippen LogP contribution in [0.3, 0.4) is 0 Å². The molecule has 2 heterocycles. The molecule has 0 spiro atoms. The van der Waals surface area contributed by atoms with Crippen molar-refractivity contribution in [2.24, 2.45) is 5.10 Å². The van der Waals surface area contributed by atoms with E-state index in [-0.39, 0.29) is 23.2 Å². The SMILES string of the molecule is CC(C)c1c(C(=O)NN=Cc2cccc(Br)c2)nnn1-c1nonc1N. The summed E-state index contributed by atoms with van der Waals surface area (Å²) in [6.07, 6.45) is 1.53. The van der Waals surface area contributed by atoms with Crippen LogP contribution in [0.2, 0.25) is 0 Å². The Labute approximate surface area is 156 Å². The molecule has 3 aromatic rings. The first-order valence-corrected chi connectivity index (χ1v) is 8.39. The highest BCUT2D eigenvalue weighted by atomic mass is 79.9. The molecular formula is C15H15BrN8O2. The maximum atomic E-state index is 12.5. The number of hydrogen-bond donors (Lipinski definition) is 2. The van der Waals surface area contributed by atoms with Crippen LogP contribution in [0.25, 0.3) is 5.82 Å². The number of hydrazone groups is 1. The van der Waals surface area contributed by atoms with Crippen LogP contribution in [0.15, 0.2) is 38.5 Å². The highest BCUT2D eigenvalue weighted by Gasteiger charge is 2.25. The van der Waals surface area contributed by atoms with Gasteiger partial charge in [0.25, 0.3) is 5.91 Å². The lowest BCUT2D eigenvalue weighted by atomic mass is 10.1. The lowest BCUT2D eigenvalue weighted by Gasteiger charge is -2.08. The van der Waals surface area contributed by atoms with E-state index in [0.29, 0.717) is 5.69 Å². The maximum Gasteiger partial charge on any atom is 0.293 e. The first-order valence-electron chi connectivity index (χ1n) is 7.60. The first kappa shape index (κ1) is 17.7. The number of nitrogens with one attached hydrogen (secondary N) is 1. The smallest absolute Gasteiger partial charge is 0.293 e. The van der Waals surface area contributed by atoms with Crippen LogP contribution >= 0.6 is 15.9 Å². The molecule has 0 radical (unpaired) electrons. The van der Waals surface area contributed by atoms with E-state index in [1.165, 1.54) is 10.9 Å². The van der Waals surface area contributed by atoms with Crippen molar-refractivity contribution >= 4 is 33.9 Å². The Morgan fingerprint density at radius 2 is 2.23 bits per heavy atom. The Bertz CT molecular complexity index is 962. The van der Waals surface area contributed by atoms with Crippen LogP contribution in [0.4, 0.5) is 5.82 Å². The zero-order chi connectivity index (χ0) is 18.7. The van der Waals surface area contributed by atoms with Crippen molar-refractivity contribution in [1.29, 1.82) is 0 Å². The number of carbonyl (C=O) groups excluding carboxylic acids is 1. The third-order valence-corrected chi connectivity index (χ3v) is 3.88. The second-order valence-electron chi connectivity index (χ2n) is 5.62. The predicted octanol–water partition coefficient (Wildman–Crippen LogP) is 1.88. The largest absolute Gasteiger partial charge is 0.378 e. The number of anilines is 1. The van der Waals surface area contributed by atoms with Crippen LogP contribution in [0.1, 0.15) is 41.5 Å². The van der Waals surface area contributed by atoms with Gasteiger partial charge in [-0.15, -0.1) is 5.10 Å². The molecule has 0 atom stereocenters. The lowest BCUT2D eigenvalue weighted by Crippen LogP contribution is -2.21. The molecule has 2 aromatic heterocycles. The molecule has 0 aliphatic heterocycles. The monoisotopic (exact) mass is 418 g/mol. The summed E-state index contributed by atoms with van der Waals surface area (Å²) in [6, 6.07) is 7.49. The molecule has 3 rings (SSSR count). The molecule has 26 heavy (non-hydrogen) atoms. The summed E-state index contributed by atoms with van der Waals surface area (Å²) in [5.74, 6) is -0.355. The van der Waals surface area contributed by atoms with E-state index < -0.39 is 5.91 Å². The summed E-state index contributed by atoms with van der Waals surface area (Å²) in [4.78, 5) is 12.5. The Kier molecular flexibility index (Phi) is 5.07. The zero-order valence-corrected chi connectivity index (χ0v) is 15.5. The number of hydrogen-bond acceptors (Lipinski definition) is 8. The fourth-order valence-electron chi connectivity index (χ4n) is 2.27. The predicted molar refractivity (Wildman–Crippen MR) is 96.9 cm³/mol. The molecule has 1 amide bonds. The van der Waals surface area contributed by atoms with Gasteiger partial charge >= 0.3 is 0 Å². The van der Waals surface area contributed by atoms with Gasteiger partial charge in [0.15, 0.2) is 5.69 Å². The van der Waals surface area contributed by atoms with Gasteiger partial charge in [0.1, 0.15) is 0 Å². The molecule has 10 nitrogen and oxygen atoms in total. The van der Waals surface area contributed by atoms with E-state index in [1.807, 2.05) is 38.1 Å². The van der Waals surface area contributed by atoms with Crippen LogP contribution in [-0.4, -0.2) is 37.4 Å². The first-order chi connectivity index (χ1) is 12.5. The van der Waals surface area contributed by atoms with E-state index in [2.05, 4.69) is 51.7 Å². The summed E-state index contributed by atoms with van der Waals surface area (Å²) in [7, 11) is 0. The van der Waals surface area contributed by atoms with Crippen LogP contribution < -0.4 is 11.2 Å². The van der Waals surface area contributed by atoms with Crippen molar-refractivity contribution in [3.63, 3.8) is 0 Å². The number of halogens is 1. The van der Waals surface area contributed by atoms with Gasteiger partial charge in [0.2, 0.25) is 11.6 Å². The average Bonchev–Trinajstić information content (AvgIpc) is 3.20. The number of nitrogens with two attached hydrogens (primary N) is 1. The normalized spacial score (nSPS) is 11.4. The van der Waals surface area contributed by atoms with Crippen molar-refractivity contribution in [2.45, 2.75) is 19.8 Å². The third-order valence-electron chi connectivity index (χ3n) is 3.39. The van der Waals surface area contributed by atoms with E-state index in [4.69, 9.17) is 5.73 Å². The minimum absolute atomic E-state index is 0.0523. The molecule has 134 valence electrons. The standard InChI is InChI=1S/C15H15BrN8O2/c1-8(2)12-11(19-23-24(12)14-13(17)21-26-22-14)15(25)20-18-7-9-4-3-5-10(16)6-9/h3-8H,1-2H3,(H2,17,21)(H,20,25). The maximum absolute atomic E-state index is 12.5. The highest BCUT2D eigenvalue weighted by molar-refractivity contribution is 9.10. The zero-order valence-electron chi connectivity index (χ0n) is 13.9. The van der Waals surface area contributed by atoms with Gasteiger partial charge in [0.05, 0.1) is 11.9 Å². The molecular weight excluding hydrogens is 404 g/mol. The molecule has 0 bridgehead atoms. The quantitative estimate of drug-likeness (QED) is 0.476. The Morgan fingerprint density at radius 3 is 2.88 bits per heavy atom. The average molecular weight is 419 g/mol. The molecule has 0 saturated heterocycles. The molecule has 3 N–H and O–H groups in total. The van der Waals surface area contributed by atoms with E-state index in [9.17, 15) is 4.79 Å². The molecule has 0 aliphatic rings. The number of amides is 1. The molecule has 0 fully saturated rings. The topological polar surface area (TPSA) is 137 Å². The van der Waals surface area contributed by atoms with E-state index in [0.717, 1.165) is 10.0 Å². The fourth-order valence-corrected chi connectivity index (χ4v) is 2.69. The second-order valence-corrected chi connectivity index (χ2v) is 6.53. The number of nitrogens with zero attached hydrogens (tertiary/aromatic N) is 6. The van der Waals surface area contributed by atoms with Crippen molar-refractivity contribution in [3.05, 3.63) is 45.7 Å². The van der Waals surface area contributed by atoms with Crippen molar-refractivity contribution in [1.82, 2.24) is 30.7 Å². The van der Waals surface area contributed by atoms with E-state index >= 15 is 0 Å². The molecule has 0 saturated carbocycles. The highest BCUT2D eigenvalue weighted by Crippen LogP contribution is 2.22. The third kappa shape index (κ3) is 3.61. The number of nitrogen functional groups attached to an aromatic ring is 1. The van der Waals surface area contributed by atoms with Crippen molar-refractivity contribution in [2.75, 3.05) is 5.73 Å². The van der Waals surface area contributed by atoms with Crippen molar-refractivity contribution in [3.8, 4) is 5.82 Å². The van der Waals surface area contributed by atoms with Crippen LogP contribution in [0, 0.1) is 0 Å². The number of benzene rings is 1. The van der Waals surface area contributed by atoms with E-state index in [1.54, 1.807) is 0 Å². The van der Waals surface area contributed by atoms with Crippen LogP contribution in [-0.2, 0) is 0 Å². The summed E-state index contributed by atoms with van der Waals surface area (Å²) in [5, 5.41) is 19.0. The Balaban J connectivity index is 1.83. The lowest BCUT2D eigenvalue weighted by molar-refractivity contribution is 0.0948. The van der Waals surface area contributed by atoms with Crippen LogP contribution in [0.5, 0.6) is 0 Å². The number of aromatic nitrogens is 5. The van der Waals surface area contributed by atoms with Gasteiger partial charge in [-0.05, 0) is 33.9 Å². The minimum atomic E-state index is -0.499. The summed E-state index contributed by atoms with van der Waals surface area (Å²) in [5.41, 5.74) is 9.61. The van der Waals surface area contributed by atoms with Gasteiger partial charge in [-0.3, -0.25) is 4.79 Å². The van der Waals surface area contributed by atoms with Gasteiger partial charge in [0, 0.05) is 4.47 Å². The summed E-state index contributed by atoms with van der Waals surface area (Å²) in [6.45, 7) is 3.78. The Hall–Kier alpha value is -3.08. The molecule has 1 aromatic carbocycles. The van der Waals surface area contributed by atoms with Gasteiger partial charge in [-0.1, -0.05) is 47.1 Å². The number of rotatable bonds is 5. The minimum Gasteiger partial charge on any atom is -0.378 e. The Morgan fingerprint density at radius 1 is 1.42 bits per heavy atom. The van der Waals surface area contributed by atoms with Gasteiger partial charge in [-0.2, -0.15) is 9.78 Å². The molecule has 11 heteroatoms. The summed E-state index contributed by atoms with van der Waals surface area (Å²) >= 11 is 3.37. The van der Waals surface area contributed by atoms with Crippen molar-refractivity contribution < 1.29 is 9.42 Å².